The fourth-order valence-corrected chi connectivity index (χ4v) is 4.74. The van der Waals surface area contributed by atoms with Crippen molar-refractivity contribution in [1.29, 1.82) is 0 Å². The van der Waals surface area contributed by atoms with Crippen LogP contribution in [0.3, 0.4) is 0 Å². The maximum atomic E-state index is 12.5. The number of aryl methyl sites for hydroxylation is 2. The summed E-state index contributed by atoms with van der Waals surface area (Å²) in [6, 6.07) is 4.22. The fourth-order valence-electron chi connectivity index (χ4n) is 1.98. The summed E-state index contributed by atoms with van der Waals surface area (Å²) in [7, 11) is -3.61. The Morgan fingerprint density at radius 1 is 1.38 bits per heavy atom. The molecule has 0 aliphatic heterocycles. The second kappa shape index (κ2) is 5.95. The lowest BCUT2D eigenvalue weighted by Gasteiger charge is -2.09. The number of rotatable bonds is 5. The Morgan fingerprint density at radius 3 is 2.62 bits per heavy atom. The van der Waals surface area contributed by atoms with E-state index in [1.807, 2.05) is 6.92 Å². The van der Waals surface area contributed by atoms with E-state index in [0.717, 1.165) is 5.69 Å². The second-order valence-electron chi connectivity index (χ2n) is 4.62. The molecule has 0 saturated heterocycles. The van der Waals surface area contributed by atoms with Gasteiger partial charge in [-0.2, -0.15) is 0 Å². The van der Waals surface area contributed by atoms with Gasteiger partial charge < -0.3 is 5.11 Å². The number of sulfone groups is 1. The van der Waals surface area contributed by atoms with E-state index < -0.39 is 15.8 Å². The molecule has 5 nitrogen and oxygen atoms in total. The van der Waals surface area contributed by atoms with Crippen molar-refractivity contribution in [1.82, 2.24) is 4.98 Å². The van der Waals surface area contributed by atoms with Crippen molar-refractivity contribution in [3.05, 3.63) is 45.4 Å². The molecule has 0 bridgehead atoms. The first-order chi connectivity index (χ1) is 9.83. The van der Waals surface area contributed by atoms with Gasteiger partial charge in [0.25, 0.3) is 0 Å². The zero-order valence-corrected chi connectivity index (χ0v) is 13.3. The highest BCUT2D eigenvalue weighted by molar-refractivity contribution is 7.90. The molecular formula is C14H15NO4S2. The van der Waals surface area contributed by atoms with Crippen LogP contribution in [0.1, 0.15) is 33.5 Å². The van der Waals surface area contributed by atoms with Crippen LogP contribution in [0.4, 0.5) is 0 Å². The van der Waals surface area contributed by atoms with Gasteiger partial charge in [0.2, 0.25) is 0 Å². The molecule has 1 heterocycles. The van der Waals surface area contributed by atoms with Crippen LogP contribution in [0.2, 0.25) is 0 Å². The number of hydrogen-bond donors (Lipinski definition) is 1. The van der Waals surface area contributed by atoms with Gasteiger partial charge in [-0.25, -0.2) is 18.2 Å². The average molecular weight is 325 g/mol. The van der Waals surface area contributed by atoms with E-state index in [9.17, 15) is 13.2 Å². The lowest BCUT2D eigenvalue weighted by atomic mass is 10.1. The van der Waals surface area contributed by atoms with Gasteiger partial charge in [0.05, 0.1) is 10.5 Å². The number of aromatic nitrogens is 1. The van der Waals surface area contributed by atoms with Gasteiger partial charge in [-0.3, -0.25) is 0 Å². The van der Waals surface area contributed by atoms with Gasteiger partial charge in [0, 0.05) is 11.1 Å². The molecule has 21 heavy (non-hydrogen) atoms. The van der Waals surface area contributed by atoms with Crippen molar-refractivity contribution in [3.8, 4) is 0 Å². The van der Waals surface area contributed by atoms with Crippen LogP contribution in [0, 0.1) is 6.92 Å². The summed E-state index contributed by atoms with van der Waals surface area (Å²) in [5.41, 5.74) is 1.37. The van der Waals surface area contributed by atoms with E-state index in [0.29, 0.717) is 17.0 Å². The van der Waals surface area contributed by atoms with Crippen molar-refractivity contribution in [2.45, 2.75) is 30.9 Å². The summed E-state index contributed by atoms with van der Waals surface area (Å²) >= 11 is 1.29. The number of carbonyl (C=O) groups is 1. The lowest BCUT2D eigenvalue weighted by molar-refractivity contribution is 0.0696. The van der Waals surface area contributed by atoms with E-state index in [1.54, 1.807) is 18.4 Å². The summed E-state index contributed by atoms with van der Waals surface area (Å²) < 4.78 is 25.1. The van der Waals surface area contributed by atoms with E-state index >= 15 is 0 Å². The highest BCUT2D eigenvalue weighted by Crippen LogP contribution is 2.24. The van der Waals surface area contributed by atoms with Crippen molar-refractivity contribution >= 4 is 27.1 Å². The van der Waals surface area contributed by atoms with Crippen LogP contribution in [0.5, 0.6) is 0 Å². The molecule has 0 fully saturated rings. The monoisotopic (exact) mass is 325 g/mol. The Labute approximate surface area is 127 Å². The Bertz CT molecular complexity index is 778. The van der Waals surface area contributed by atoms with E-state index in [2.05, 4.69) is 4.98 Å². The molecular weight excluding hydrogens is 310 g/mol. The average Bonchev–Trinajstić information content (AvgIpc) is 2.82. The van der Waals surface area contributed by atoms with Crippen molar-refractivity contribution in [2.75, 3.05) is 0 Å². The molecule has 1 N–H and O–H groups in total. The smallest absolute Gasteiger partial charge is 0.335 e. The SMILES string of the molecule is CCc1ccc(C(=O)O)cc1S(=O)(=O)Cc1nc(C)cs1. The molecule has 1 aromatic carbocycles. The third kappa shape index (κ3) is 3.48. The molecule has 0 aliphatic rings. The second-order valence-corrected chi connectivity index (χ2v) is 7.52. The first-order valence-corrected chi connectivity index (χ1v) is 8.86. The summed E-state index contributed by atoms with van der Waals surface area (Å²) in [6.45, 7) is 3.64. The zero-order chi connectivity index (χ0) is 15.6. The third-order valence-corrected chi connectivity index (χ3v) is 5.86. The standard InChI is InChI=1S/C14H15NO4S2/c1-3-10-4-5-11(14(16)17)6-12(10)21(18,19)8-13-15-9(2)7-20-13/h4-7H,3,8H2,1-2H3,(H,16,17). The van der Waals surface area contributed by atoms with Crippen LogP contribution in [0.25, 0.3) is 0 Å². The molecule has 0 atom stereocenters. The highest BCUT2D eigenvalue weighted by Gasteiger charge is 2.22. The number of benzene rings is 1. The third-order valence-electron chi connectivity index (χ3n) is 3.01. The predicted octanol–water partition coefficient (Wildman–Crippen LogP) is 2.69. The van der Waals surface area contributed by atoms with Crippen LogP contribution in [-0.2, 0) is 22.0 Å². The number of hydrogen-bond acceptors (Lipinski definition) is 5. The highest BCUT2D eigenvalue weighted by atomic mass is 32.2. The summed E-state index contributed by atoms with van der Waals surface area (Å²) in [5, 5.41) is 11.3. The van der Waals surface area contributed by atoms with Crippen molar-refractivity contribution in [2.24, 2.45) is 0 Å². The van der Waals surface area contributed by atoms with E-state index in [-0.39, 0.29) is 16.2 Å². The van der Waals surface area contributed by atoms with Crippen LogP contribution in [0.15, 0.2) is 28.5 Å². The van der Waals surface area contributed by atoms with Gasteiger partial charge in [0.1, 0.15) is 10.8 Å². The number of carboxylic acid groups (broad SMARTS) is 1. The number of carboxylic acids is 1. The predicted molar refractivity (Wildman–Crippen MR) is 80.5 cm³/mol. The Hall–Kier alpha value is -1.73. The normalized spacial score (nSPS) is 11.5. The minimum atomic E-state index is -3.61. The molecule has 0 aliphatic carbocycles. The quantitative estimate of drug-likeness (QED) is 0.913. The first-order valence-electron chi connectivity index (χ1n) is 6.33. The minimum absolute atomic E-state index is 0.0268. The summed E-state index contributed by atoms with van der Waals surface area (Å²) in [6.07, 6.45) is 0.519. The van der Waals surface area contributed by atoms with Gasteiger partial charge in [0.15, 0.2) is 9.84 Å². The molecule has 0 unspecified atom stereocenters. The van der Waals surface area contributed by atoms with Crippen LogP contribution < -0.4 is 0 Å². The molecule has 0 radical (unpaired) electrons. The Morgan fingerprint density at radius 2 is 2.10 bits per heavy atom. The molecule has 0 amide bonds. The van der Waals surface area contributed by atoms with Crippen LogP contribution in [-0.4, -0.2) is 24.5 Å². The minimum Gasteiger partial charge on any atom is -0.478 e. The Kier molecular flexibility index (Phi) is 4.43. The number of aromatic carboxylic acids is 1. The van der Waals surface area contributed by atoms with E-state index in [4.69, 9.17) is 5.11 Å². The molecule has 0 spiro atoms. The molecule has 1 aromatic heterocycles. The maximum Gasteiger partial charge on any atom is 0.335 e. The fraction of sp³-hybridized carbons (Fsp3) is 0.286. The summed E-state index contributed by atoms with van der Waals surface area (Å²) in [4.78, 5) is 15.3. The molecule has 112 valence electrons. The molecule has 0 saturated carbocycles. The van der Waals surface area contributed by atoms with E-state index in [1.165, 1.54) is 23.5 Å². The van der Waals surface area contributed by atoms with Gasteiger partial charge in [-0.1, -0.05) is 13.0 Å². The largest absolute Gasteiger partial charge is 0.478 e. The topological polar surface area (TPSA) is 84.3 Å². The van der Waals surface area contributed by atoms with Gasteiger partial charge in [-0.05, 0) is 31.0 Å². The van der Waals surface area contributed by atoms with Gasteiger partial charge >= 0.3 is 5.97 Å². The van der Waals surface area contributed by atoms with Crippen molar-refractivity contribution in [3.63, 3.8) is 0 Å². The lowest BCUT2D eigenvalue weighted by Crippen LogP contribution is -2.10. The first kappa shape index (κ1) is 15.7. The maximum absolute atomic E-state index is 12.5. The number of thiazole rings is 1. The molecule has 2 aromatic rings. The molecule has 7 heteroatoms. The zero-order valence-electron chi connectivity index (χ0n) is 11.7. The molecule has 2 rings (SSSR count). The summed E-state index contributed by atoms with van der Waals surface area (Å²) in [5.74, 6) is -1.35. The van der Waals surface area contributed by atoms with Crippen LogP contribution >= 0.6 is 11.3 Å². The van der Waals surface area contributed by atoms with Crippen molar-refractivity contribution < 1.29 is 18.3 Å². The van der Waals surface area contributed by atoms with Gasteiger partial charge in [-0.15, -0.1) is 11.3 Å². The number of nitrogens with zero attached hydrogens (tertiary/aromatic N) is 1. The Balaban J connectivity index is 2.47.